The predicted octanol–water partition coefficient (Wildman–Crippen LogP) is -0.552. The van der Waals surface area contributed by atoms with Crippen LogP contribution in [0.4, 0.5) is 0 Å². The molecule has 82 valence electrons. The molecule has 5 heteroatoms. The van der Waals surface area contributed by atoms with Crippen molar-refractivity contribution in [1.29, 1.82) is 0 Å². The highest BCUT2D eigenvalue weighted by Crippen LogP contribution is 1.99. The summed E-state index contributed by atoms with van der Waals surface area (Å²) in [5.41, 5.74) is -0.0311. The van der Waals surface area contributed by atoms with Gasteiger partial charge in [0.05, 0.1) is 6.67 Å². The fourth-order valence-corrected chi connectivity index (χ4v) is 1.67. The van der Waals surface area contributed by atoms with Crippen molar-refractivity contribution in [3.8, 4) is 0 Å². The van der Waals surface area contributed by atoms with Crippen LogP contribution in [0.1, 0.15) is 0 Å². The van der Waals surface area contributed by atoms with Crippen LogP contribution in [0.3, 0.4) is 0 Å². The van der Waals surface area contributed by atoms with Crippen LogP contribution in [0.25, 0.3) is 0 Å². The van der Waals surface area contributed by atoms with Gasteiger partial charge in [-0.05, 0) is 13.1 Å². The van der Waals surface area contributed by atoms with E-state index in [-0.39, 0.29) is 5.56 Å². The van der Waals surface area contributed by atoms with Crippen LogP contribution in [-0.2, 0) is 6.67 Å². The van der Waals surface area contributed by atoms with Gasteiger partial charge in [-0.25, -0.2) is 4.68 Å². The van der Waals surface area contributed by atoms with E-state index >= 15 is 0 Å². The topological polar surface area (TPSA) is 41.4 Å². The van der Waals surface area contributed by atoms with Crippen LogP contribution < -0.4 is 5.56 Å². The van der Waals surface area contributed by atoms with Crippen molar-refractivity contribution in [2.75, 3.05) is 33.2 Å². The van der Waals surface area contributed by atoms with E-state index < -0.39 is 0 Å². The Hall–Kier alpha value is -1.20. The van der Waals surface area contributed by atoms with E-state index in [0.29, 0.717) is 6.67 Å². The smallest absolute Gasteiger partial charge is 0.267 e. The first kappa shape index (κ1) is 10.3. The zero-order valence-corrected chi connectivity index (χ0v) is 8.96. The number of rotatable bonds is 2. The zero-order chi connectivity index (χ0) is 10.7. The van der Waals surface area contributed by atoms with Gasteiger partial charge in [0, 0.05) is 38.4 Å². The second kappa shape index (κ2) is 4.55. The Morgan fingerprint density at radius 2 is 2.07 bits per heavy atom. The summed E-state index contributed by atoms with van der Waals surface area (Å²) >= 11 is 0. The number of hydrogen-bond acceptors (Lipinski definition) is 4. The molecule has 1 fully saturated rings. The van der Waals surface area contributed by atoms with E-state index in [1.54, 1.807) is 18.3 Å². The average Bonchev–Trinajstić information content (AvgIpc) is 2.25. The molecule has 5 nitrogen and oxygen atoms in total. The number of likely N-dealkylation sites (N-methyl/N-ethyl adjacent to an activating group) is 1. The van der Waals surface area contributed by atoms with Crippen molar-refractivity contribution in [1.82, 2.24) is 19.6 Å². The molecule has 0 N–H and O–H groups in total. The fourth-order valence-electron chi connectivity index (χ4n) is 1.67. The van der Waals surface area contributed by atoms with Crippen LogP contribution >= 0.6 is 0 Å². The van der Waals surface area contributed by atoms with Gasteiger partial charge in [-0.15, -0.1) is 0 Å². The molecule has 0 bridgehead atoms. The summed E-state index contributed by atoms with van der Waals surface area (Å²) < 4.78 is 1.51. The third kappa shape index (κ3) is 2.64. The molecular formula is C10H16N4O. The summed E-state index contributed by atoms with van der Waals surface area (Å²) in [6, 6.07) is 3.21. The van der Waals surface area contributed by atoms with Crippen molar-refractivity contribution in [2.24, 2.45) is 0 Å². The van der Waals surface area contributed by atoms with Gasteiger partial charge < -0.3 is 4.90 Å². The maximum atomic E-state index is 11.4. The number of nitrogens with zero attached hydrogens (tertiary/aromatic N) is 4. The minimum absolute atomic E-state index is 0.0311. The SMILES string of the molecule is CN1CCN(Cn2ncccc2=O)CC1. The third-order valence-corrected chi connectivity index (χ3v) is 2.72. The lowest BCUT2D eigenvalue weighted by Crippen LogP contribution is -2.46. The molecule has 0 amide bonds. The molecule has 1 aromatic heterocycles. The lowest BCUT2D eigenvalue weighted by atomic mass is 10.3. The molecule has 2 heterocycles. The van der Waals surface area contributed by atoms with Gasteiger partial charge in [-0.3, -0.25) is 9.69 Å². The van der Waals surface area contributed by atoms with Crippen molar-refractivity contribution in [3.05, 3.63) is 28.7 Å². The Bertz CT molecular complexity index is 368. The Labute approximate surface area is 88.9 Å². The molecule has 1 aliphatic heterocycles. The largest absolute Gasteiger partial charge is 0.304 e. The van der Waals surface area contributed by atoms with Crippen molar-refractivity contribution in [3.63, 3.8) is 0 Å². The molecule has 1 aromatic rings. The number of hydrogen-bond donors (Lipinski definition) is 0. The highest BCUT2D eigenvalue weighted by atomic mass is 16.1. The minimum Gasteiger partial charge on any atom is -0.304 e. The lowest BCUT2D eigenvalue weighted by Gasteiger charge is -2.32. The number of piperazine rings is 1. The zero-order valence-electron chi connectivity index (χ0n) is 8.96. The summed E-state index contributed by atoms with van der Waals surface area (Å²) in [5, 5.41) is 4.04. The average molecular weight is 208 g/mol. The summed E-state index contributed by atoms with van der Waals surface area (Å²) in [4.78, 5) is 16.0. The van der Waals surface area contributed by atoms with Gasteiger partial charge in [-0.2, -0.15) is 5.10 Å². The van der Waals surface area contributed by atoms with Crippen LogP contribution in [0.2, 0.25) is 0 Å². The summed E-state index contributed by atoms with van der Waals surface area (Å²) in [7, 11) is 2.12. The molecule has 0 aromatic carbocycles. The number of aromatic nitrogens is 2. The Morgan fingerprint density at radius 3 is 2.73 bits per heavy atom. The van der Waals surface area contributed by atoms with E-state index in [2.05, 4.69) is 21.9 Å². The van der Waals surface area contributed by atoms with Gasteiger partial charge in [0.1, 0.15) is 0 Å². The molecule has 15 heavy (non-hydrogen) atoms. The second-order valence-electron chi connectivity index (χ2n) is 3.92. The first-order chi connectivity index (χ1) is 7.25. The predicted molar refractivity (Wildman–Crippen MR) is 57.6 cm³/mol. The monoisotopic (exact) mass is 208 g/mol. The van der Waals surface area contributed by atoms with Crippen LogP contribution in [0.15, 0.2) is 23.1 Å². The van der Waals surface area contributed by atoms with E-state index in [1.807, 2.05) is 0 Å². The van der Waals surface area contributed by atoms with Gasteiger partial charge in [-0.1, -0.05) is 0 Å². The summed E-state index contributed by atoms with van der Waals surface area (Å²) in [5.74, 6) is 0. The maximum absolute atomic E-state index is 11.4. The Morgan fingerprint density at radius 1 is 1.33 bits per heavy atom. The maximum Gasteiger partial charge on any atom is 0.267 e. The highest BCUT2D eigenvalue weighted by molar-refractivity contribution is 4.84. The Balaban J connectivity index is 1.98. The van der Waals surface area contributed by atoms with Gasteiger partial charge in [0.2, 0.25) is 0 Å². The van der Waals surface area contributed by atoms with E-state index in [1.165, 1.54) is 4.68 Å². The molecule has 0 aliphatic carbocycles. The standard InChI is InChI=1S/C10H16N4O/c1-12-5-7-13(8-6-12)9-14-10(15)3-2-4-11-14/h2-4H,5-9H2,1H3. The van der Waals surface area contributed by atoms with Crippen LogP contribution in [0, 0.1) is 0 Å². The molecule has 0 spiro atoms. The van der Waals surface area contributed by atoms with Crippen molar-refractivity contribution >= 4 is 0 Å². The van der Waals surface area contributed by atoms with Gasteiger partial charge in [0.15, 0.2) is 0 Å². The first-order valence-corrected chi connectivity index (χ1v) is 5.19. The third-order valence-electron chi connectivity index (χ3n) is 2.72. The molecule has 0 saturated carbocycles. The molecule has 2 rings (SSSR count). The highest BCUT2D eigenvalue weighted by Gasteiger charge is 2.14. The molecule has 0 unspecified atom stereocenters. The van der Waals surface area contributed by atoms with Crippen LogP contribution in [-0.4, -0.2) is 52.8 Å². The van der Waals surface area contributed by atoms with Gasteiger partial charge in [0.25, 0.3) is 5.56 Å². The van der Waals surface area contributed by atoms with Gasteiger partial charge >= 0.3 is 0 Å². The lowest BCUT2D eigenvalue weighted by molar-refractivity contribution is 0.117. The quantitative estimate of drug-likeness (QED) is 0.654. The van der Waals surface area contributed by atoms with E-state index in [4.69, 9.17) is 0 Å². The summed E-state index contributed by atoms with van der Waals surface area (Å²) in [6.45, 7) is 4.72. The second-order valence-corrected chi connectivity index (χ2v) is 3.92. The molecule has 1 aliphatic rings. The Kier molecular flexibility index (Phi) is 3.13. The molecule has 0 radical (unpaired) electrons. The molecule has 1 saturated heterocycles. The fraction of sp³-hybridized carbons (Fsp3) is 0.600. The van der Waals surface area contributed by atoms with Crippen LogP contribution in [0.5, 0.6) is 0 Å². The van der Waals surface area contributed by atoms with Crippen molar-refractivity contribution in [2.45, 2.75) is 6.67 Å². The normalized spacial score (nSPS) is 19.3. The summed E-state index contributed by atoms with van der Waals surface area (Å²) in [6.07, 6.45) is 1.65. The van der Waals surface area contributed by atoms with E-state index in [9.17, 15) is 4.79 Å². The molecular weight excluding hydrogens is 192 g/mol. The van der Waals surface area contributed by atoms with Crippen molar-refractivity contribution < 1.29 is 0 Å². The van der Waals surface area contributed by atoms with E-state index in [0.717, 1.165) is 26.2 Å². The first-order valence-electron chi connectivity index (χ1n) is 5.19. The molecule has 0 atom stereocenters. The minimum atomic E-state index is -0.0311.